The molecule has 2 rings (SSSR count). The third-order valence-electron chi connectivity index (χ3n) is 4.08. The average Bonchev–Trinajstić information content (AvgIpc) is 2.35. The van der Waals surface area contributed by atoms with Crippen molar-refractivity contribution in [3.05, 3.63) is 35.4 Å². The Hall–Kier alpha value is -1.35. The van der Waals surface area contributed by atoms with Crippen molar-refractivity contribution < 1.29 is 4.79 Å². The quantitative estimate of drug-likeness (QED) is 0.853. The van der Waals surface area contributed by atoms with Gasteiger partial charge in [0.1, 0.15) is 0 Å². The average molecular weight is 260 g/mol. The van der Waals surface area contributed by atoms with Crippen molar-refractivity contribution in [3.8, 4) is 0 Å². The second-order valence-electron chi connectivity index (χ2n) is 5.39. The third kappa shape index (κ3) is 3.57. The van der Waals surface area contributed by atoms with E-state index in [-0.39, 0.29) is 5.91 Å². The Labute approximate surface area is 115 Å². The maximum absolute atomic E-state index is 12.3. The zero-order valence-electron chi connectivity index (χ0n) is 11.8. The first-order valence-electron chi connectivity index (χ1n) is 7.26. The van der Waals surface area contributed by atoms with Gasteiger partial charge in [-0.05, 0) is 43.7 Å². The molecule has 0 radical (unpaired) electrons. The lowest BCUT2D eigenvalue weighted by Crippen LogP contribution is -2.46. The summed E-state index contributed by atoms with van der Waals surface area (Å²) in [6, 6.07) is 8.74. The minimum atomic E-state index is 0.262. The molecule has 0 saturated heterocycles. The van der Waals surface area contributed by atoms with Gasteiger partial charge >= 0.3 is 0 Å². The zero-order chi connectivity index (χ0) is 13.7. The summed E-state index contributed by atoms with van der Waals surface area (Å²) in [5, 5.41) is 0. The van der Waals surface area contributed by atoms with Gasteiger partial charge < -0.3 is 10.6 Å². The van der Waals surface area contributed by atoms with Crippen molar-refractivity contribution in [3.63, 3.8) is 0 Å². The summed E-state index contributed by atoms with van der Waals surface area (Å²) in [4.78, 5) is 14.3. The molecule has 3 nitrogen and oxygen atoms in total. The molecule has 1 fully saturated rings. The fourth-order valence-electron chi connectivity index (χ4n) is 2.62. The second-order valence-corrected chi connectivity index (χ2v) is 5.39. The molecule has 0 bridgehead atoms. The van der Waals surface area contributed by atoms with Gasteiger partial charge in [0, 0.05) is 25.6 Å². The minimum absolute atomic E-state index is 0.262. The van der Waals surface area contributed by atoms with Crippen LogP contribution in [0.4, 0.5) is 0 Å². The molecule has 1 aliphatic rings. The lowest BCUT2D eigenvalue weighted by Gasteiger charge is -2.37. The van der Waals surface area contributed by atoms with Crippen LogP contribution in [-0.4, -0.2) is 29.9 Å². The first-order valence-corrected chi connectivity index (χ1v) is 7.26. The van der Waals surface area contributed by atoms with E-state index in [9.17, 15) is 4.79 Å². The predicted molar refractivity (Wildman–Crippen MR) is 77.9 cm³/mol. The smallest absolute Gasteiger partial charge is 0.223 e. The van der Waals surface area contributed by atoms with Crippen LogP contribution in [0, 0.1) is 6.92 Å². The van der Waals surface area contributed by atoms with Gasteiger partial charge in [-0.15, -0.1) is 0 Å². The van der Waals surface area contributed by atoms with Crippen molar-refractivity contribution in [2.75, 3.05) is 13.1 Å². The van der Waals surface area contributed by atoms with Crippen LogP contribution in [0.3, 0.4) is 0 Å². The summed E-state index contributed by atoms with van der Waals surface area (Å²) < 4.78 is 0. The minimum Gasteiger partial charge on any atom is -0.338 e. The van der Waals surface area contributed by atoms with Crippen molar-refractivity contribution in [2.45, 2.75) is 45.1 Å². The van der Waals surface area contributed by atoms with E-state index >= 15 is 0 Å². The molecule has 1 amide bonds. The van der Waals surface area contributed by atoms with E-state index in [2.05, 4.69) is 19.1 Å². The van der Waals surface area contributed by atoms with Crippen molar-refractivity contribution in [1.29, 1.82) is 0 Å². The number of hydrogen-bond donors (Lipinski definition) is 1. The number of benzene rings is 1. The normalized spacial score (nSPS) is 15.1. The van der Waals surface area contributed by atoms with Gasteiger partial charge in [0.05, 0.1) is 0 Å². The highest BCUT2D eigenvalue weighted by molar-refractivity contribution is 5.77. The Morgan fingerprint density at radius 3 is 2.68 bits per heavy atom. The summed E-state index contributed by atoms with van der Waals surface area (Å²) in [7, 11) is 0. The van der Waals surface area contributed by atoms with Gasteiger partial charge in [0.25, 0.3) is 0 Å². The van der Waals surface area contributed by atoms with Crippen LogP contribution in [0.15, 0.2) is 24.3 Å². The van der Waals surface area contributed by atoms with Gasteiger partial charge in [-0.1, -0.05) is 24.3 Å². The van der Waals surface area contributed by atoms with Crippen LogP contribution in [0.2, 0.25) is 0 Å². The van der Waals surface area contributed by atoms with Crippen molar-refractivity contribution in [1.82, 2.24) is 4.90 Å². The van der Waals surface area contributed by atoms with E-state index < -0.39 is 0 Å². The Bertz CT molecular complexity index is 427. The van der Waals surface area contributed by atoms with E-state index in [4.69, 9.17) is 5.73 Å². The summed E-state index contributed by atoms with van der Waals surface area (Å²) in [5.41, 5.74) is 8.16. The molecule has 0 unspecified atom stereocenters. The third-order valence-corrected chi connectivity index (χ3v) is 4.08. The van der Waals surface area contributed by atoms with Gasteiger partial charge in [0.15, 0.2) is 0 Å². The predicted octanol–water partition coefficient (Wildman–Crippen LogP) is 2.27. The summed E-state index contributed by atoms with van der Waals surface area (Å²) in [6.07, 6.45) is 4.98. The number of nitrogens with two attached hydrogens (primary N) is 1. The largest absolute Gasteiger partial charge is 0.338 e. The first-order chi connectivity index (χ1) is 9.22. The standard InChI is InChI=1S/C16H24N2O/c1-13-5-2-3-6-14(13)9-10-16(19)18(12-11-17)15-7-4-8-15/h2-3,5-6,15H,4,7-12,17H2,1H3. The zero-order valence-corrected chi connectivity index (χ0v) is 11.8. The number of aryl methyl sites for hydroxylation is 2. The Morgan fingerprint density at radius 1 is 1.37 bits per heavy atom. The number of amides is 1. The number of nitrogens with zero attached hydrogens (tertiary/aromatic N) is 1. The summed E-state index contributed by atoms with van der Waals surface area (Å²) in [5.74, 6) is 0.262. The van der Waals surface area contributed by atoms with Crippen molar-refractivity contribution >= 4 is 5.91 Å². The molecule has 3 heteroatoms. The molecule has 1 saturated carbocycles. The molecule has 2 N–H and O–H groups in total. The molecular formula is C16H24N2O. The molecule has 0 atom stereocenters. The van der Waals surface area contributed by atoms with E-state index in [1.54, 1.807) is 0 Å². The molecule has 104 valence electrons. The first kappa shape index (κ1) is 14.1. The molecule has 19 heavy (non-hydrogen) atoms. The molecule has 0 spiro atoms. The number of rotatable bonds is 6. The van der Waals surface area contributed by atoms with Crippen LogP contribution < -0.4 is 5.73 Å². The fraction of sp³-hybridized carbons (Fsp3) is 0.562. The van der Waals surface area contributed by atoms with Gasteiger partial charge in [-0.2, -0.15) is 0 Å². The van der Waals surface area contributed by atoms with Gasteiger partial charge in [-0.3, -0.25) is 4.79 Å². The molecule has 0 heterocycles. The van der Waals surface area contributed by atoms with E-state index in [1.807, 2.05) is 17.0 Å². The summed E-state index contributed by atoms with van der Waals surface area (Å²) >= 11 is 0. The molecule has 1 aliphatic carbocycles. The maximum Gasteiger partial charge on any atom is 0.223 e. The lowest BCUT2D eigenvalue weighted by molar-refractivity contribution is -0.135. The highest BCUT2D eigenvalue weighted by Gasteiger charge is 2.27. The Kier molecular flexibility index (Phi) is 4.97. The number of hydrogen-bond acceptors (Lipinski definition) is 2. The Morgan fingerprint density at radius 2 is 2.11 bits per heavy atom. The Balaban J connectivity index is 1.90. The molecular weight excluding hydrogens is 236 g/mol. The van der Waals surface area contributed by atoms with E-state index in [0.717, 1.165) is 19.3 Å². The van der Waals surface area contributed by atoms with Crippen molar-refractivity contribution in [2.24, 2.45) is 5.73 Å². The number of carbonyl (C=O) groups excluding carboxylic acids is 1. The fourth-order valence-corrected chi connectivity index (χ4v) is 2.62. The molecule has 0 aliphatic heterocycles. The van der Waals surface area contributed by atoms with E-state index in [0.29, 0.717) is 25.6 Å². The SMILES string of the molecule is Cc1ccccc1CCC(=O)N(CCN)C1CCC1. The molecule has 0 aromatic heterocycles. The van der Waals surface area contributed by atoms with Crippen LogP contribution in [-0.2, 0) is 11.2 Å². The van der Waals surface area contributed by atoms with Gasteiger partial charge in [-0.25, -0.2) is 0 Å². The van der Waals surface area contributed by atoms with E-state index in [1.165, 1.54) is 17.5 Å². The summed E-state index contributed by atoms with van der Waals surface area (Å²) in [6.45, 7) is 3.37. The van der Waals surface area contributed by atoms with Crippen LogP contribution in [0.5, 0.6) is 0 Å². The lowest BCUT2D eigenvalue weighted by atomic mass is 9.91. The highest BCUT2D eigenvalue weighted by Crippen LogP contribution is 2.25. The second kappa shape index (κ2) is 6.71. The topological polar surface area (TPSA) is 46.3 Å². The highest BCUT2D eigenvalue weighted by atomic mass is 16.2. The number of carbonyl (C=O) groups is 1. The maximum atomic E-state index is 12.3. The monoisotopic (exact) mass is 260 g/mol. The molecule has 1 aromatic rings. The van der Waals surface area contributed by atoms with Crippen LogP contribution in [0.1, 0.15) is 36.8 Å². The van der Waals surface area contributed by atoms with Gasteiger partial charge in [0.2, 0.25) is 5.91 Å². The molecule has 1 aromatic carbocycles. The van der Waals surface area contributed by atoms with Crippen LogP contribution in [0.25, 0.3) is 0 Å². The van der Waals surface area contributed by atoms with Crippen LogP contribution >= 0.6 is 0 Å².